The number of piperazine rings is 1. The number of nitrogens with zero attached hydrogens (tertiary/aromatic N) is 4. The van der Waals surface area contributed by atoms with Gasteiger partial charge in [0.2, 0.25) is 5.95 Å². The number of hydrogen-bond acceptors (Lipinski definition) is 5. The van der Waals surface area contributed by atoms with Crippen molar-refractivity contribution in [3.63, 3.8) is 0 Å². The largest absolute Gasteiger partial charge is 0.354 e. The molecule has 0 atom stereocenters. The normalized spacial score (nSPS) is 15.3. The van der Waals surface area contributed by atoms with E-state index in [1.807, 2.05) is 23.1 Å². The Hall–Kier alpha value is -2.73. The molecule has 2 heterocycles. The van der Waals surface area contributed by atoms with Crippen molar-refractivity contribution in [3.8, 4) is 0 Å². The first-order valence-electron chi connectivity index (χ1n) is 9.92. The van der Waals surface area contributed by atoms with Crippen LogP contribution in [0.1, 0.15) is 29.9 Å². The highest BCUT2D eigenvalue weighted by atomic mass is 16.2. The van der Waals surface area contributed by atoms with Gasteiger partial charge in [-0.3, -0.25) is 9.69 Å². The van der Waals surface area contributed by atoms with E-state index < -0.39 is 0 Å². The molecular weight excluding hydrogens is 350 g/mol. The van der Waals surface area contributed by atoms with E-state index >= 15 is 0 Å². The second kappa shape index (κ2) is 9.99. The number of anilines is 1. The molecule has 1 aromatic heterocycles. The first-order chi connectivity index (χ1) is 13.6. The Morgan fingerprint density at radius 3 is 2.61 bits per heavy atom. The number of nitrogens with one attached hydrogen (secondary N) is 1. The monoisotopic (exact) mass is 379 g/mol. The zero-order valence-corrected chi connectivity index (χ0v) is 16.7. The fourth-order valence-corrected chi connectivity index (χ4v) is 3.06. The predicted octanol–water partition coefficient (Wildman–Crippen LogP) is 3.02. The summed E-state index contributed by atoms with van der Waals surface area (Å²) in [4.78, 5) is 25.6. The summed E-state index contributed by atoms with van der Waals surface area (Å²) in [6.45, 7) is 9.10. The minimum atomic E-state index is -0.0190. The van der Waals surface area contributed by atoms with Gasteiger partial charge in [-0.05, 0) is 17.5 Å². The summed E-state index contributed by atoms with van der Waals surface area (Å²) in [6.07, 6.45) is 5.97. The molecule has 2 aromatic rings. The van der Waals surface area contributed by atoms with Crippen LogP contribution in [0.4, 0.5) is 5.95 Å². The second-order valence-corrected chi connectivity index (χ2v) is 7.45. The highest BCUT2D eigenvalue weighted by molar-refractivity contribution is 5.92. The fourth-order valence-electron chi connectivity index (χ4n) is 3.06. The summed E-state index contributed by atoms with van der Waals surface area (Å²) < 4.78 is 0. The number of amides is 1. The van der Waals surface area contributed by atoms with Crippen molar-refractivity contribution < 1.29 is 4.79 Å². The summed E-state index contributed by atoms with van der Waals surface area (Å²) in [5.41, 5.74) is 1.67. The lowest BCUT2D eigenvalue weighted by Gasteiger charge is -2.34. The van der Waals surface area contributed by atoms with Gasteiger partial charge in [-0.1, -0.05) is 56.3 Å². The third-order valence-corrected chi connectivity index (χ3v) is 4.68. The maximum Gasteiger partial charge on any atom is 0.272 e. The van der Waals surface area contributed by atoms with E-state index in [9.17, 15) is 4.79 Å². The molecule has 1 amide bonds. The summed E-state index contributed by atoms with van der Waals surface area (Å²) in [6, 6.07) is 12.0. The summed E-state index contributed by atoms with van der Waals surface area (Å²) in [7, 11) is 0. The van der Waals surface area contributed by atoms with Crippen LogP contribution >= 0.6 is 0 Å². The number of aromatic nitrogens is 2. The number of carbonyl (C=O) groups excluding carboxylic acids is 1. The van der Waals surface area contributed by atoms with Crippen molar-refractivity contribution in [1.29, 1.82) is 0 Å². The molecule has 1 aliphatic heterocycles. The highest BCUT2D eigenvalue weighted by Crippen LogP contribution is 2.10. The zero-order valence-electron chi connectivity index (χ0n) is 16.7. The van der Waals surface area contributed by atoms with Gasteiger partial charge >= 0.3 is 0 Å². The van der Waals surface area contributed by atoms with Crippen molar-refractivity contribution in [2.45, 2.75) is 13.8 Å². The molecule has 0 bridgehead atoms. The summed E-state index contributed by atoms with van der Waals surface area (Å²) >= 11 is 0. The van der Waals surface area contributed by atoms with E-state index in [1.54, 1.807) is 12.3 Å². The number of hydrogen-bond donors (Lipinski definition) is 1. The van der Waals surface area contributed by atoms with Gasteiger partial charge in [-0.15, -0.1) is 0 Å². The van der Waals surface area contributed by atoms with Crippen molar-refractivity contribution >= 4 is 17.9 Å². The molecule has 148 valence electrons. The lowest BCUT2D eigenvalue weighted by Crippen LogP contribution is -2.48. The summed E-state index contributed by atoms with van der Waals surface area (Å²) in [5.74, 6) is 0.991. The van der Waals surface area contributed by atoms with Gasteiger partial charge in [0.25, 0.3) is 5.91 Å². The van der Waals surface area contributed by atoms with Crippen molar-refractivity contribution in [2.75, 3.05) is 44.6 Å². The van der Waals surface area contributed by atoms with Crippen molar-refractivity contribution in [2.24, 2.45) is 5.92 Å². The van der Waals surface area contributed by atoms with E-state index in [0.717, 1.165) is 39.3 Å². The molecule has 6 nitrogen and oxygen atoms in total. The van der Waals surface area contributed by atoms with Crippen LogP contribution in [0.15, 0.2) is 48.7 Å². The zero-order chi connectivity index (χ0) is 19.8. The van der Waals surface area contributed by atoms with Crippen molar-refractivity contribution in [1.82, 2.24) is 19.8 Å². The highest BCUT2D eigenvalue weighted by Gasteiger charge is 2.22. The van der Waals surface area contributed by atoms with E-state index in [1.165, 1.54) is 5.56 Å². The van der Waals surface area contributed by atoms with Gasteiger partial charge in [-0.2, -0.15) is 0 Å². The first-order valence-corrected chi connectivity index (χ1v) is 9.92. The third-order valence-electron chi connectivity index (χ3n) is 4.68. The quantitative estimate of drug-likeness (QED) is 0.801. The van der Waals surface area contributed by atoms with Gasteiger partial charge in [0, 0.05) is 45.5 Å². The maximum absolute atomic E-state index is 12.8. The van der Waals surface area contributed by atoms with Crippen LogP contribution in [0, 0.1) is 5.92 Å². The van der Waals surface area contributed by atoms with Gasteiger partial charge < -0.3 is 10.2 Å². The Morgan fingerprint density at radius 1 is 1.14 bits per heavy atom. The average molecular weight is 380 g/mol. The SMILES string of the molecule is CC(C)CNc1nccc(C(=O)N2CCN(C/C=C/c3ccccc3)CC2)n1. The topological polar surface area (TPSA) is 61.4 Å². The molecule has 3 rings (SSSR count). The Morgan fingerprint density at radius 2 is 1.89 bits per heavy atom. The third kappa shape index (κ3) is 5.89. The molecule has 1 aliphatic rings. The molecule has 1 aromatic carbocycles. The Bertz CT molecular complexity index is 783. The van der Waals surface area contributed by atoms with Crippen LogP contribution in [0.3, 0.4) is 0 Å². The maximum atomic E-state index is 12.8. The Balaban J connectivity index is 1.48. The first kappa shape index (κ1) is 20.0. The molecule has 0 aliphatic carbocycles. The van der Waals surface area contributed by atoms with Gasteiger partial charge in [-0.25, -0.2) is 9.97 Å². The van der Waals surface area contributed by atoms with Gasteiger partial charge in [0.15, 0.2) is 0 Å². The lowest BCUT2D eigenvalue weighted by molar-refractivity contribution is 0.0644. The standard InChI is InChI=1S/C22H29N5O/c1-18(2)17-24-22-23-11-10-20(25-22)21(28)27-15-13-26(14-16-27)12-6-9-19-7-4-3-5-8-19/h3-11,18H,12-17H2,1-2H3,(H,23,24,25)/b9-6+. The van der Waals surface area contributed by atoms with Crippen molar-refractivity contribution in [3.05, 3.63) is 59.9 Å². The molecule has 1 saturated heterocycles. The molecule has 0 unspecified atom stereocenters. The van der Waals surface area contributed by atoms with Gasteiger partial charge in [0.05, 0.1) is 0 Å². The molecular formula is C22H29N5O. The summed E-state index contributed by atoms with van der Waals surface area (Å²) in [5, 5.41) is 3.18. The molecule has 0 spiro atoms. The average Bonchev–Trinajstić information content (AvgIpc) is 2.73. The van der Waals surface area contributed by atoms with Crippen LogP contribution in [0.25, 0.3) is 6.08 Å². The smallest absolute Gasteiger partial charge is 0.272 e. The predicted molar refractivity (Wildman–Crippen MR) is 113 cm³/mol. The van der Waals surface area contributed by atoms with Crippen LogP contribution in [0.2, 0.25) is 0 Å². The molecule has 1 fully saturated rings. The molecule has 28 heavy (non-hydrogen) atoms. The second-order valence-electron chi connectivity index (χ2n) is 7.45. The van der Waals surface area contributed by atoms with E-state index in [-0.39, 0.29) is 5.91 Å². The molecule has 1 N–H and O–H groups in total. The number of benzene rings is 1. The molecule has 6 heteroatoms. The Labute approximate surface area is 167 Å². The minimum absolute atomic E-state index is 0.0190. The fraction of sp³-hybridized carbons (Fsp3) is 0.409. The van der Waals surface area contributed by atoms with Crippen LogP contribution in [0.5, 0.6) is 0 Å². The number of carbonyl (C=O) groups is 1. The van der Waals surface area contributed by atoms with E-state index in [0.29, 0.717) is 17.6 Å². The molecule has 0 radical (unpaired) electrons. The lowest BCUT2D eigenvalue weighted by atomic mass is 10.2. The van der Waals surface area contributed by atoms with E-state index in [4.69, 9.17) is 0 Å². The molecule has 0 saturated carbocycles. The number of rotatable bonds is 7. The van der Waals surface area contributed by atoms with Crippen LogP contribution < -0.4 is 5.32 Å². The Kier molecular flexibility index (Phi) is 7.14. The van der Waals surface area contributed by atoms with Gasteiger partial charge in [0.1, 0.15) is 5.69 Å². The van der Waals surface area contributed by atoms with Crippen LogP contribution in [-0.2, 0) is 0 Å². The van der Waals surface area contributed by atoms with Crippen LogP contribution in [-0.4, -0.2) is 64.9 Å². The van der Waals surface area contributed by atoms with E-state index in [2.05, 4.69) is 58.3 Å². The minimum Gasteiger partial charge on any atom is -0.354 e.